The Morgan fingerprint density at radius 1 is 1.40 bits per heavy atom. The van der Waals surface area contributed by atoms with Crippen molar-refractivity contribution in [1.29, 1.82) is 0 Å². The number of morpholine rings is 1. The first-order valence-corrected chi connectivity index (χ1v) is 8.98. The van der Waals surface area contributed by atoms with Crippen molar-refractivity contribution in [2.24, 2.45) is 0 Å². The second kappa shape index (κ2) is 10.2. The van der Waals surface area contributed by atoms with E-state index in [4.69, 9.17) is 9.47 Å². The number of ether oxygens (including phenoxy) is 2. The minimum absolute atomic E-state index is 0.158. The van der Waals surface area contributed by atoms with Gasteiger partial charge in [-0.15, -0.1) is 6.58 Å². The van der Waals surface area contributed by atoms with Gasteiger partial charge in [-0.25, -0.2) is 0 Å². The average Bonchev–Trinajstić information content (AvgIpc) is 2.66. The maximum absolute atomic E-state index is 12.7. The van der Waals surface area contributed by atoms with Gasteiger partial charge in [-0.1, -0.05) is 24.3 Å². The van der Waals surface area contributed by atoms with Gasteiger partial charge in [0.25, 0.3) is 0 Å². The normalized spacial score (nSPS) is 16.2. The Morgan fingerprint density at radius 2 is 2.12 bits per heavy atom. The molecule has 0 bridgehead atoms. The maximum Gasteiger partial charge on any atom is 0.223 e. The molecule has 5 nitrogen and oxygen atoms in total. The van der Waals surface area contributed by atoms with E-state index >= 15 is 0 Å². The van der Waals surface area contributed by atoms with Crippen molar-refractivity contribution < 1.29 is 14.3 Å². The summed E-state index contributed by atoms with van der Waals surface area (Å²) < 4.78 is 10.8. The van der Waals surface area contributed by atoms with E-state index in [0.717, 1.165) is 44.0 Å². The number of carbonyl (C=O) groups excluding carboxylic acids is 1. The van der Waals surface area contributed by atoms with Crippen LogP contribution in [0.1, 0.15) is 25.3 Å². The van der Waals surface area contributed by atoms with Crippen LogP contribution in [0.5, 0.6) is 5.75 Å². The second-order valence-corrected chi connectivity index (χ2v) is 6.41. The van der Waals surface area contributed by atoms with E-state index in [1.54, 1.807) is 13.2 Å². The molecular weight excluding hydrogens is 316 g/mol. The van der Waals surface area contributed by atoms with Crippen molar-refractivity contribution in [3.8, 4) is 5.75 Å². The van der Waals surface area contributed by atoms with Gasteiger partial charge in [-0.2, -0.15) is 0 Å². The highest BCUT2D eigenvalue weighted by molar-refractivity contribution is 5.76. The van der Waals surface area contributed by atoms with Crippen LogP contribution in [-0.4, -0.2) is 61.7 Å². The molecule has 2 rings (SSSR count). The summed E-state index contributed by atoms with van der Waals surface area (Å²) in [4.78, 5) is 17.0. The van der Waals surface area contributed by atoms with Crippen molar-refractivity contribution >= 4 is 5.91 Å². The van der Waals surface area contributed by atoms with E-state index in [9.17, 15) is 4.79 Å². The van der Waals surface area contributed by atoms with Crippen LogP contribution >= 0.6 is 0 Å². The molecule has 0 N–H and O–H groups in total. The zero-order valence-corrected chi connectivity index (χ0v) is 15.4. The first-order chi connectivity index (χ1) is 12.2. The summed E-state index contributed by atoms with van der Waals surface area (Å²) in [6.07, 6.45) is 3.18. The average molecular weight is 346 g/mol. The molecule has 5 heteroatoms. The molecule has 0 spiro atoms. The van der Waals surface area contributed by atoms with Crippen molar-refractivity contribution in [3.63, 3.8) is 0 Å². The zero-order chi connectivity index (χ0) is 18.1. The van der Waals surface area contributed by atoms with Crippen LogP contribution in [0.15, 0.2) is 36.9 Å². The molecule has 1 saturated heterocycles. The van der Waals surface area contributed by atoms with Gasteiger partial charge in [0.15, 0.2) is 0 Å². The summed E-state index contributed by atoms with van der Waals surface area (Å²) in [6.45, 7) is 10.5. The lowest BCUT2D eigenvalue weighted by Gasteiger charge is -2.32. The Hall–Kier alpha value is -1.85. The quantitative estimate of drug-likeness (QED) is 0.645. The van der Waals surface area contributed by atoms with Crippen LogP contribution in [0.3, 0.4) is 0 Å². The first kappa shape index (κ1) is 19.5. The number of amides is 1. The predicted octanol–water partition coefficient (Wildman–Crippen LogP) is 2.71. The monoisotopic (exact) mass is 346 g/mol. The van der Waals surface area contributed by atoms with Crippen LogP contribution in [0, 0.1) is 0 Å². The number of methoxy groups -OCH3 is 1. The van der Waals surface area contributed by atoms with Gasteiger partial charge in [-0.3, -0.25) is 9.69 Å². The third-order valence-electron chi connectivity index (χ3n) is 4.70. The molecule has 0 aromatic heterocycles. The van der Waals surface area contributed by atoms with Crippen LogP contribution in [0.25, 0.3) is 0 Å². The molecule has 1 aliphatic heterocycles. The van der Waals surface area contributed by atoms with E-state index in [1.807, 2.05) is 29.2 Å². The molecule has 1 atom stereocenters. The Morgan fingerprint density at radius 3 is 2.80 bits per heavy atom. The van der Waals surface area contributed by atoms with E-state index in [0.29, 0.717) is 25.6 Å². The maximum atomic E-state index is 12.7. The third-order valence-corrected chi connectivity index (χ3v) is 4.70. The Labute approximate surface area is 151 Å². The van der Waals surface area contributed by atoms with Crippen molar-refractivity contribution in [3.05, 3.63) is 42.5 Å². The highest BCUT2D eigenvalue weighted by Gasteiger charge is 2.20. The number of hydrogen-bond donors (Lipinski definition) is 0. The third kappa shape index (κ3) is 5.87. The van der Waals surface area contributed by atoms with Crippen molar-refractivity contribution in [2.75, 3.05) is 40.0 Å². The van der Waals surface area contributed by atoms with Gasteiger partial charge in [0, 0.05) is 44.2 Å². The molecule has 0 unspecified atom stereocenters. The van der Waals surface area contributed by atoms with Crippen LogP contribution in [0.4, 0.5) is 0 Å². The number of para-hydroxylation sites is 1. The lowest BCUT2D eigenvalue weighted by Crippen LogP contribution is -2.42. The fourth-order valence-corrected chi connectivity index (χ4v) is 3.14. The molecule has 25 heavy (non-hydrogen) atoms. The number of rotatable bonds is 9. The zero-order valence-electron chi connectivity index (χ0n) is 15.4. The Kier molecular flexibility index (Phi) is 7.95. The van der Waals surface area contributed by atoms with E-state index in [1.165, 1.54) is 0 Å². The van der Waals surface area contributed by atoms with E-state index in [2.05, 4.69) is 18.4 Å². The highest BCUT2D eigenvalue weighted by Crippen LogP contribution is 2.20. The topological polar surface area (TPSA) is 42.0 Å². The van der Waals surface area contributed by atoms with Gasteiger partial charge in [0.1, 0.15) is 5.75 Å². The van der Waals surface area contributed by atoms with Crippen molar-refractivity contribution in [2.45, 2.75) is 32.4 Å². The van der Waals surface area contributed by atoms with Crippen molar-refractivity contribution in [1.82, 2.24) is 9.80 Å². The molecular formula is C20H30N2O3. The largest absolute Gasteiger partial charge is 0.496 e. The SMILES string of the molecule is C=CCN(Cc1ccccc1OC)C(=O)CC[C@H](C)N1CCOCC1. The minimum atomic E-state index is 0.158. The summed E-state index contributed by atoms with van der Waals surface area (Å²) in [5.74, 6) is 0.969. The standard InChI is InChI=1S/C20H30N2O3/c1-4-11-22(16-18-7-5-6-8-19(18)24-3)20(23)10-9-17(2)21-12-14-25-15-13-21/h4-8,17H,1,9-16H2,2-3H3/t17-/m0/s1. The Bertz CT molecular complexity index is 556. The number of benzene rings is 1. The number of nitrogens with zero attached hydrogens (tertiary/aromatic N) is 2. The van der Waals surface area contributed by atoms with Gasteiger partial charge < -0.3 is 14.4 Å². The van der Waals surface area contributed by atoms with Gasteiger partial charge in [0.05, 0.1) is 20.3 Å². The van der Waals surface area contributed by atoms with E-state index < -0.39 is 0 Å². The molecule has 1 heterocycles. The Balaban J connectivity index is 1.91. The molecule has 1 aromatic rings. The van der Waals surface area contributed by atoms with Gasteiger partial charge in [0.2, 0.25) is 5.91 Å². The van der Waals surface area contributed by atoms with Gasteiger partial charge in [-0.05, 0) is 19.4 Å². The summed E-state index contributed by atoms with van der Waals surface area (Å²) in [7, 11) is 1.66. The fraction of sp³-hybridized carbons (Fsp3) is 0.550. The fourth-order valence-electron chi connectivity index (χ4n) is 3.14. The molecule has 0 radical (unpaired) electrons. The first-order valence-electron chi connectivity index (χ1n) is 8.98. The summed E-state index contributed by atoms with van der Waals surface area (Å²) in [5.41, 5.74) is 1.02. The minimum Gasteiger partial charge on any atom is -0.496 e. The molecule has 138 valence electrons. The number of hydrogen-bond acceptors (Lipinski definition) is 4. The summed E-state index contributed by atoms with van der Waals surface area (Å²) in [6, 6.07) is 8.22. The second-order valence-electron chi connectivity index (χ2n) is 6.41. The molecule has 1 fully saturated rings. The van der Waals surface area contributed by atoms with Crippen LogP contribution in [-0.2, 0) is 16.1 Å². The van der Waals surface area contributed by atoms with Crippen LogP contribution in [0.2, 0.25) is 0 Å². The predicted molar refractivity (Wildman–Crippen MR) is 99.7 cm³/mol. The smallest absolute Gasteiger partial charge is 0.223 e. The lowest BCUT2D eigenvalue weighted by atomic mass is 10.1. The van der Waals surface area contributed by atoms with Gasteiger partial charge >= 0.3 is 0 Å². The molecule has 1 amide bonds. The molecule has 1 aliphatic rings. The summed E-state index contributed by atoms with van der Waals surface area (Å²) in [5, 5.41) is 0. The molecule has 0 aliphatic carbocycles. The van der Waals surface area contributed by atoms with E-state index in [-0.39, 0.29) is 5.91 Å². The number of carbonyl (C=O) groups is 1. The lowest BCUT2D eigenvalue weighted by molar-refractivity contribution is -0.131. The highest BCUT2D eigenvalue weighted by atomic mass is 16.5. The molecule has 1 aromatic carbocycles. The van der Waals surface area contributed by atoms with Crippen LogP contribution < -0.4 is 4.74 Å². The molecule has 0 saturated carbocycles. The summed E-state index contributed by atoms with van der Waals surface area (Å²) >= 11 is 0.